The highest BCUT2D eigenvalue weighted by Crippen LogP contribution is 2.39. The van der Waals surface area contributed by atoms with Crippen molar-refractivity contribution in [2.45, 2.75) is 59.7 Å². The molecule has 3 heterocycles. The molecule has 192 valence electrons. The number of anilines is 4. The van der Waals surface area contributed by atoms with E-state index in [2.05, 4.69) is 52.9 Å². The molecule has 0 spiro atoms. The number of amides is 1. The Morgan fingerprint density at radius 3 is 2.46 bits per heavy atom. The van der Waals surface area contributed by atoms with Crippen molar-refractivity contribution >= 4 is 40.0 Å². The summed E-state index contributed by atoms with van der Waals surface area (Å²) in [5.41, 5.74) is 4.99. The predicted octanol–water partition coefficient (Wildman–Crippen LogP) is 5.85. The quantitative estimate of drug-likeness (QED) is 0.370. The lowest BCUT2D eigenvalue weighted by molar-refractivity contribution is -0.119. The van der Waals surface area contributed by atoms with Crippen molar-refractivity contribution in [3.8, 4) is 11.3 Å². The van der Waals surface area contributed by atoms with E-state index in [0.717, 1.165) is 28.4 Å². The van der Waals surface area contributed by atoms with Crippen LogP contribution < -0.4 is 15.1 Å². The Bertz CT molecular complexity index is 1510. The Morgan fingerprint density at radius 2 is 1.76 bits per heavy atom. The van der Waals surface area contributed by atoms with E-state index >= 15 is 4.39 Å². The molecule has 4 aromatic rings. The second kappa shape index (κ2) is 9.14. The normalized spacial score (nSPS) is 15.7. The van der Waals surface area contributed by atoms with Gasteiger partial charge in [-0.2, -0.15) is 0 Å². The van der Waals surface area contributed by atoms with Crippen LogP contribution in [0.4, 0.5) is 27.4 Å². The summed E-state index contributed by atoms with van der Waals surface area (Å²) in [6, 6.07) is 11.0. The lowest BCUT2D eigenvalue weighted by Crippen LogP contribution is -2.53. The first-order chi connectivity index (χ1) is 17.6. The minimum atomic E-state index is -0.376. The van der Waals surface area contributed by atoms with Crippen molar-refractivity contribution in [3.63, 3.8) is 0 Å². The number of rotatable bonds is 5. The summed E-state index contributed by atoms with van der Waals surface area (Å²) >= 11 is 0. The molecule has 37 heavy (non-hydrogen) atoms. The van der Waals surface area contributed by atoms with E-state index in [1.54, 1.807) is 24.2 Å². The maximum atomic E-state index is 15.0. The smallest absolute Gasteiger partial charge is 0.249 e. The van der Waals surface area contributed by atoms with E-state index in [0.29, 0.717) is 22.7 Å². The van der Waals surface area contributed by atoms with Crippen LogP contribution in [0.3, 0.4) is 0 Å². The molecule has 0 saturated heterocycles. The van der Waals surface area contributed by atoms with Gasteiger partial charge >= 0.3 is 0 Å². The Balaban J connectivity index is 1.51. The second-order valence-electron chi connectivity index (χ2n) is 10.1. The summed E-state index contributed by atoms with van der Waals surface area (Å²) in [6.45, 7) is 12.1. The van der Waals surface area contributed by atoms with E-state index in [4.69, 9.17) is 0 Å². The highest BCUT2D eigenvalue weighted by molar-refractivity contribution is 6.05. The first-order valence-corrected chi connectivity index (χ1v) is 12.5. The van der Waals surface area contributed by atoms with Crippen molar-refractivity contribution in [3.05, 3.63) is 54.2 Å². The van der Waals surface area contributed by atoms with Gasteiger partial charge in [0.1, 0.15) is 17.4 Å². The minimum Gasteiger partial charge on any atom is -0.356 e. The molecule has 0 aliphatic carbocycles. The molecule has 0 radical (unpaired) electrons. The van der Waals surface area contributed by atoms with E-state index in [1.165, 1.54) is 6.07 Å². The van der Waals surface area contributed by atoms with E-state index in [-0.39, 0.29) is 29.8 Å². The van der Waals surface area contributed by atoms with Gasteiger partial charge in [-0.25, -0.2) is 19.3 Å². The van der Waals surface area contributed by atoms with Gasteiger partial charge in [-0.3, -0.25) is 4.79 Å². The number of imidazole rings is 1. The molecule has 9 heteroatoms. The topological polar surface area (TPSA) is 79.2 Å². The Labute approximate surface area is 216 Å². The second-order valence-corrected chi connectivity index (χ2v) is 10.1. The van der Waals surface area contributed by atoms with Gasteiger partial charge in [-0.1, -0.05) is 0 Å². The van der Waals surface area contributed by atoms with Crippen molar-refractivity contribution in [2.24, 2.45) is 0 Å². The van der Waals surface area contributed by atoms with Crippen molar-refractivity contribution in [1.82, 2.24) is 19.5 Å². The molecule has 5 rings (SSSR count). The van der Waals surface area contributed by atoms with E-state index < -0.39 is 0 Å². The fraction of sp³-hybridized carbons (Fsp3) is 0.357. The number of nitrogens with one attached hydrogen (secondary N) is 1. The number of aryl methyl sites for hydroxylation is 1. The highest BCUT2D eigenvalue weighted by Gasteiger charge is 2.35. The molecule has 1 atom stereocenters. The van der Waals surface area contributed by atoms with Gasteiger partial charge < -0.3 is 19.7 Å². The van der Waals surface area contributed by atoms with Gasteiger partial charge in [0.25, 0.3) is 0 Å². The van der Waals surface area contributed by atoms with Gasteiger partial charge in [0.2, 0.25) is 11.9 Å². The molecule has 0 bridgehead atoms. The summed E-state index contributed by atoms with van der Waals surface area (Å²) in [5, 5.41) is 3.29. The summed E-state index contributed by atoms with van der Waals surface area (Å²) in [5.74, 6) is 0.863. The molecule has 2 aromatic carbocycles. The van der Waals surface area contributed by atoms with Crippen LogP contribution in [0.5, 0.6) is 0 Å². The van der Waals surface area contributed by atoms with Crippen LogP contribution in [-0.2, 0) is 4.79 Å². The third kappa shape index (κ3) is 4.18. The van der Waals surface area contributed by atoms with Crippen molar-refractivity contribution in [1.29, 1.82) is 0 Å². The molecule has 1 N–H and O–H groups in total. The molecule has 1 aliphatic rings. The first-order valence-electron chi connectivity index (χ1n) is 12.5. The van der Waals surface area contributed by atoms with Gasteiger partial charge in [0.05, 0.1) is 22.6 Å². The number of carbonyl (C=O) groups excluding carboxylic acids is 1. The van der Waals surface area contributed by atoms with E-state index in [9.17, 15) is 4.79 Å². The van der Waals surface area contributed by atoms with Crippen molar-refractivity contribution in [2.75, 3.05) is 22.2 Å². The maximum absolute atomic E-state index is 15.0. The number of halogens is 1. The van der Waals surface area contributed by atoms with Gasteiger partial charge in [-0.15, -0.1) is 0 Å². The summed E-state index contributed by atoms with van der Waals surface area (Å²) in [7, 11) is 1.80. The zero-order chi connectivity index (χ0) is 26.6. The van der Waals surface area contributed by atoms with Crippen LogP contribution in [0.15, 0.2) is 42.6 Å². The van der Waals surface area contributed by atoms with Crippen LogP contribution in [0.2, 0.25) is 0 Å². The average molecular weight is 502 g/mol. The van der Waals surface area contributed by atoms with Crippen LogP contribution >= 0.6 is 0 Å². The van der Waals surface area contributed by atoms with E-state index in [1.807, 2.05) is 42.7 Å². The number of benzene rings is 2. The summed E-state index contributed by atoms with van der Waals surface area (Å²) < 4.78 is 17.0. The van der Waals surface area contributed by atoms with Crippen LogP contribution in [0.25, 0.3) is 22.3 Å². The molecule has 0 fully saturated rings. The number of likely N-dealkylation sites (N-methyl/N-ethyl adjacent to an activating group) is 1. The molecule has 8 nitrogen and oxygen atoms in total. The predicted molar refractivity (Wildman–Crippen MR) is 146 cm³/mol. The molecule has 1 aliphatic heterocycles. The van der Waals surface area contributed by atoms with Crippen LogP contribution in [0, 0.1) is 12.7 Å². The molecule has 1 amide bonds. The SMILES string of the molecule is Cc1nc2c(F)cc(-c3ccnc(Nc4ccc5c(c4)N(C(C)C)C(C)C(=O)N5C)n3)cc2n1C(C)C. The summed E-state index contributed by atoms with van der Waals surface area (Å²) in [4.78, 5) is 30.1. The monoisotopic (exact) mass is 501 g/mol. The largest absolute Gasteiger partial charge is 0.356 e. The number of aromatic nitrogens is 4. The Hall–Kier alpha value is -4.01. The molecule has 2 aromatic heterocycles. The number of hydrogen-bond acceptors (Lipinski definition) is 6. The Morgan fingerprint density at radius 1 is 1.00 bits per heavy atom. The van der Waals surface area contributed by atoms with Crippen molar-refractivity contribution < 1.29 is 9.18 Å². The average Bonchev–Trinajstić information content (AvgIpc) is 3.19. The number of carbonyl (C=O) groups is 1. The summed E-state index contributed by atoms with van der Waals surface area (Å²) in [6.07, 6.45) is 1.66. The number of fused-ring (bicyclic) bond motifs is 2. The maximum Gasteiger partial charge on any atom is 0.249 e. The van der Waals surface area contributed by atoms with Crippen LogP contribution in [-0.4, -0.2) is 44.6 Å². The first kappa shape index (κ1) is 24.7. The third-order valence-electron chi connectivity index (χ3n) is 6.93. The Kier molecular flexibility index (Phi) is 6.09. The van der Waals surface area contributed by atoms with Gasteiger partial charge in [0, 0.05) is 36.6 Å². The fourth-order valence-electron chi connectivity index (χ4n) is 5.32. The molecule has 1 unspecified atom stereocenters. The highest BCUT2D eigenvalue weighted by atomic mass is 19.1. The zero-order valence-electron chi connectivity index (χ0n) is 22.2. The number of hydrogen-bond donors (Lipinski definition) is 1. The lowest BCUT2D eigenvalue weighted by atomic mass is 10.0. The van der Waals surface area contributed by atoms with Gasteiger partial charge in [0.15, 0.2) is 5.82 Å². The standard InChI is InChI=1S/C28H32FN7O/c1-15(2)35-17(5)27(37)34(7)23-9-8-20(14-24(23)35)32-28-30-11-10-22(33-28)19-12-21(29)26-25(13-19)36(16(3)4)18(6)31-26/h8-17H,1-7H3,(H,30,32,33). The van der Waals surface area contributed by atoms with Gasteiger partial charge in [-0.05, 0) is 77.9 Å². The minimum absolute atomic E-state index is 0.0659. The molecular formula is C28H32FN7O. The third-order valence-corrected chi connectivity index (χ3v) is 6.93. The fourth-order valence-corrected chi connectivity index (χ4v) is 5.32. The van der Waals surface area contributed by atoms with Crippen LogP contribution in [0.1, 0.15) is 46.5 Å². The molecule has 0 saturated carbocycles. The lowest BCUT2D eigenvalue weighted by Gasteiger charge is -2.42. The molecular weight excluding hydrogens is 469 g/mol. The number of nitrogens with zero attached hydrogens (tertiary/aromatic N) is 6. The zero-order valence-corrected chi connectivity index (χ0v) is 22.2.